The Morgan fingerprint density at radius 1 is 1.53 bits per heavy atom. The number of anilines is 1. The van der Waals surface area contributed by atoms with Crippen LogP contribution in [0.1, 0.15) is 6.92 Å². The maximum absolute atomic E-state index is 11.9. The predicted molar refractivity (Wildman–Crippen MR) is 72.3 cm³/mol. The van der Waals surface area contributed by atoms with Gasteiger partial charge in [0.25, 0.3) is 0 Å². The van der Waals surface area contributed by atoms with Gasteiger partial charge in [-0.15, -0.1) is 0 Å². The summed E-state index contributed by atoms with van der Waals surface area (Å²) in [5.41, 5.74) is 0.931. The van der Waals surface area contributed by atoms with E-state index in [1.165, 1.54) is 0 Å². The van der Waals surface area contributed by atoms with Crippen molar-refractivity contribution in [3.63, 3.8) is 0 Å². The van der Waals surface area contributed by atoms with Gasteiger partial charge in [-0.2, -0.15) is 16.9 Å². The number of hydrogen-bond donors (Lipinski definition) is 2. The molecule has 0 spiro atoms. The quantitative estimate of drug-likeness (QED) is 0.875. The van der Waals surface area contributed by atoms with Gasteiger partial charge in [0.2, 0.25) is 5.91 Å². The smallest absolute Gasteiger partial charge is 0.229 e. The van der Waals surface area contributed by atoms with Gasteiger partial charge in [-0.3, -0.25) is 9.89 Å². The molecule has 1 unspecified atom stereocenters. The van der Waals surface area contributed by atoms with Gasteiger partial charge in [-0.25, -0.2) is 0 Å². The molecule has 1 atom stereocenters. The Balaban J connectivity index is 2.16. The Bertz CT molecular complexity index is 523. The van der Waals surface area contributed by atoms with Crippen LogP contribution in [0, 0.1) is 5.92 Å². The van der Waals surface area contributed by atoms with Crippen LogP contribution in [-0.2, 0) is 4.79 Å². The van der Waals surface area contributed by atoms with E-state index in [4.69, 9.17) is 0 Å². The molecule has 0 fully saturated rings. The molecule has 2 aromatic rings. The van der Waals surface area contributed by atoms with Gasteiger partial charge in [0.1, 0.15) is 0 Å². The molecule has 0 radical (unpaired) electrons. The first-order chi connectivity index (χ1) is 8.22. The molecule has 0 saturated carbocycles. The van der Waals surface area contributed by atoms with Crippen LogP contribution < -0.4 is 5.32 Å². The number of carbonyl (C=O) groups is 1. The first kappa shape index (κ1) is 12.0. The average molecular weight is 249 g/mol. The SMILES string of the molecule is CSCC(C)C(=O)Nc1n[nH]c2ccccc12. The Morgan fingerprint density at radius 2 is 2.29 bits per heavy atom. The first-order valence-electron chi connectivity index (χ1n) is 5.45. The minimum absolute atomic E-state index is 0.0107. The summed E-state index contributed by atoms with van der Waals surface area (Å²) in [5, 5.41) is 10.8. The van der Waals surface area contributed by atoms with Crippen molar-refractivity contribution in [3.8, 4) is 0 Å². The summed E-state index contributed by atoms with van der Waals surface area (Å²) in [7, 11) is 0. The van der Waals surface area contributed by atoms with Gasteiger partial charge < -0.3 is 5.32 Å². The van der Waals surface area contributed by atoms with Crippen LogP contribution in [0.4, 0.5) is 5.82 Å². The van der Waals surface area contributed by atoms with Crippen molar-refractivity contribution >= 4 is 34.4 Å². The summed E-state index contributed by atoms with van der Waals surface area (Å²) in [6.07, 6.45) is 1.99. The van der Waals surface area contributed by atoms with Crippen LogP contribution in [0.5, 0.6) is 0 Å². The molecule has 1 heterocycles. The van der Waals surface area contributed by atoms with Crippen molar-refractivity contribution in [1.29, 1.82) is 0 Å². The summed E-state index contributed by atoms with van der Waals surface area (Å²) >= 11 is 1.67. The van der Waals surface area contributed by atoms with Crippen LogP contribution in [0.15, 0.2) is 24.3 Å². The number of H-pyrrole nitrogens is 1. The van der Waals surface area contributed by atoms with Gasteiger partial charge in [-0.1, -0.05) is 19.1 Å². The van der Waals surface area contributed by atoms with E-state index in [-0.39, 0.29) is 11.8 Å². The normalized spacial score (nSPS) is 12.6. The van der Waals surface area contributed by atoms with Gasteiger partial charge in [0, 0.05) is 17.1 Å². The molecule has 17 heavy (non-hydrogen) atoms. The van der Waals surface area contributed by atoms with Crippen LogP contribution in [0.2, 0.25) is 0 Å². The summed E-state index contributed by atoms with van der Waals surface area (Å²) < 4.78 is 0. The zero-order valence-corrected chi connectivity index (χ0v) is 10.7. The van der Waals surface area contributed by atoms with E-state index in [9.17, 15) is 4.79 Å². The molecule has 0 bridgehead atoms. The second-order valence-corrected chi connectivity index (χ2v) is 4.87. The molecule has 1 aromatic heterocycles. The van der Waals surface area contributed by atoms with Crippen LogP contribution in [0.3, 0.4) is 0 Å². The molecule has 1 amide bonds. The molecule has 4 nitrogen and oxygen atoms in total. The fourth-order valence-corrected chi connectivity index (χ4v) is 2.28. The first-order valence-corrected chi connectivity index (χ1v) is 6.84. The number of amides is 1. The zero-order chi connectivity index (χ0) is 12.3. The highest BCUT2D eigenvalue weighted by molar-refractivity contribution is 7.98. The van der Waals surface area contributed by atoms with E-state index in [1.807, 2.05) is 37.4 Å². The van der Waals surface area contributed by atoms with E-state index in [0.717, 1.165) is 16.7 Å². The summed E-state index contributed by atoms with van der Waals surface area (Å²) in [6.45, 7) is 1.92. The molecule has 0 aliphatic heterocycles. The number of fused-ring (bicyclic) bond motifs is 1. The maximum atomic E-state index is 11.9. The van der Waals surface area contributed by atoms with Gasteiger partial charge in [0.15, 0.2) is 5.82 Å². The Kier molecular flexibility index (Phi) is 3.68. The molecular weight excluding hydrogens is 234 g/mol. The van der Waals surface area contributed by atoms with E-state index in [2.05, 4.69) is 15.5 Å². The van der Waals surface area contributed by atoms with Crippen molar-refractivity contribution in [1.82, 2.24) is 10.2 Å². The van der Waals surface area contributed by atoms with E-state index in [0.29, 0.717) is 5.82 Å². The zero-order valence-electron chi connectivity index (χ0n) is 9.86. The monoisotopic (exact) mass is 249 g/mol. The third kappa shape index (κ3) is 2.61. The standard InChI is InChI=1S/C12H15N3OS/c1-8(7-17-2)12(16)13-11-9-5-3-4-6-10(9)14-15-11/h3-6,8H,7H2,1-2H3,(H2,13,14,15,16). The molecule has 2 rings (SSSR count). The largest absolute Gasteiger partial charge is 0.308 e. The number of nitrogens with one attached hydrogen (secondary N) is 2. The predicted octanol–water partition coefficient (Wildman–Crippen LogP) is 2.50. The van der Waals surface area contributed by atoms with Gasteiger partial charge in [-0.05, 0) is 18.4 Å². The lowest BCUT2D eigenvalue weighted by molar-refractivity contribution is -0.118. The number of rotatable bonds is 4. The van der Waals surface area contributed by atoms with E-state index < -0.39 is 0 Å². The van der Waals surface area contributed by atoms with Crippen molar-refractivity contribution in [3.05, 3.63) is 24.3 Å². The Hall–Kier alpha value is -1.49. The molecule has 1 aromatic carbocycles. The van der Waals surface area contributed by atoms with Crippen LogP contribution in [0.25, 0.3) is 10.9 Å². The van der Waals surface area contributed by atoms with Crippen molar-refractivity contribution in [2.45, 2.75) is 6.92 Å². The number of nitrogens with zero attached hydrogens (tertiary/aromatic N) is 1. The molecule has 0 saturated heterocycles. The van der Waals surface area contributed by atoms with Crippen molar-refractivity contribution in [2.75, 3.05) is 17.3 Å². The van der Waals surface area contributed by atoms with E-state index in [1.54, 1.807) is 11.8 Å². The number of hydrogen-bond acceptors (Lipinski definition) is 3. The Labute approximate surface area is 104 Å². The highest BCUT2D eigenvalue weighted by Crippen LogP contribution is 2.20. The highest BCUT2D eigenvalue weighted by atomic mass is 32.2. The molecular formula is C12H15N3OS. The lowest BCUT2D eigenvalue weighted by atomic mass is 10.2. The number of benzene rings is 1. The molecule has 5 heteroatoms. The van der Waals surface area contributed by atoms with Gasteiger partial charge in [0.05, 0.1) is 5.52 Å². The topological polar surface area (TPSA) is 57.8 Å². The third-order valence-corrected chi connectivity index (χ3v) is 3.41. The fourth-order valence-electron chi connectivity index (χ4n) is 1.62. The maximum Gasteiger partial charge on any atom is 0.229 e. The third-order valence-electron chi connectivity index (χ3n) is 2.58. The number of aromatic amines is 1. The van der Waals surface area contributed by atoms with Crippen LogP contribution in [-0.4, -0.2) is 28.1 Å². The number of carbonyl (C=O) groups excluding carboxylic acids is 1. The van der Waals surface area contributed by atoms with E-state index >= 15 is 0 Å². The lowest BCUT2D eigenvalue weighted by Gasteiger charge is -2.08. The van der Waals surface area contributed by atoms with Crippen molar-refractivity contribution < 1.29 is 4.79 Å². The van der Waals surface area contributed by atoms with Crippen LogP contribution >= 0.6 is 11.8 Å². The molecule has 2 N–H and O–H groups in total. The number of aromatic nitrogens is 2. The Morgan fingerprint density at radius 3 is 3.06 bits per heavy atom. The van der Waals surface area contributed by atoms with Gasteiger partial charge >= 0.3 is 0 Å². The minimum atomic E-state index is -0.0135. The molecule has 90 valence electrons. The minimum Gasteiger partial charge on any atom is -0.308 e. The number of thioether (sulfide) groups is 1. The molecule has 0 aliphatic rings. The van der Waals surface area contributed by atoms with Crippen molar-refractivity contribution in [2.24, 2.45) is 5.92 Å². The highest BCUT2D eigenvalue weighted by Gasteiger charge is 2.14. The average Bonchev–Trinajstić information content (AvgIpc) is 2.73. The summed E-state index contributed by atoms with van der Waals surface area (Å²) in [4.78, 5) is 11.9. The fraction of sp³-hybridized carbons (Fsp3) is 0.333. The number of para-hydroxylation sites is 1. The summed E-state index contributed by atoms with van der Waals surface area (Å²) in [6, 6.07) is 7.73. The second kappa shape index (κ2) is 5.23. The summed E-state index contributed by atoms with van der Waals surface area (Å²) in [5.74, 6) is 1.42. The molecule has 0 aliphatic carbocycles. The lowest BCUT2D eigenvalue weighted by Crippen LogP contribution is -2.22. The second-order valence-electron chi connectivity index (χ2n) is 3.96.